The van der Waals surface area contributed by atoms with E-state index in [0.29, 0.717) is 37.9 Å². The van der Waals surface area contributed by atoms with Gasteiger partial charge < -0.3 is 10.0 Å². The Labute approximate surface area is 225 Å². The number of nitrogens with one attached hydrogen (secondary N) is 1. The maximum absolute atomic E-state index is 13.7. The molecule has 0 amide bonds. The van der Waals surface area contributed by atoms with Crippen molar-refractivity contribution in [3.8, 4) is 0 Å². The van der Waals surface area contributed by atoms with Crippen molar-refractivity contribution in [2.24, 2.45) is 10.6 Å². The highest BCUT2D eigenvalue weighted by atomic mass is 19.4. The molecule has 0 radical (unpaired) electrons. The number of hydrogen-bond donors (Lipinski definition) is 2. The van der Waals surface area contributed by atoms with E-state index in [-0.39, 0.29) is 44.8 Å². The maximum atomic E-state index is 13.7. The molecular weight excluding hydrogens is 559 g/mol. The van der Waals surface area contributed by atoms with Gasteiger partial charge in [0.1, 0.15) is 5.54 Å². The van der Waals surface area contributed by atoms with E-state index >= 15 is 0 Å². The summed E-state index contributed by atoms with van der Waals surface area (Å²) < 4.78 is 118. The topological polar surface area (TPSA) is 68.2 Å². The van der Waals surface area contributed by atoms with Crippen LogP contribution in [0.1, 0.15) is 50.2 Å². The number of aliphatic hydroxyl groups excluding tert-OH is 1. The molecule has 2 atom stereocenters. The van der Waals surface area contributed by atoms with Gasteiger partial charge in [-0.1, -0.05) is 5.18 Å². The SMILES string of the molecule is CC1(N=O)CCCN(c2cc(CN3CCC(CCO)(CCNC(C(F)(F)F)C(F)(F)F)C3)cc(C(F)(F)F)c2)C1. The summed E-state index contributed by atoms with van der Waals surface area (Å²) in [6.07, 6.45) is -14.2. The van der Waals surface area contributed by atoms with Gasteiger partial charge in [0.2, 0.25) is 6.04 Å². The summed E-state index contributed by atoms with van der Waals surface area (Å²) in [7, 11) is 0. The predicted molar refractivity (Wildman–Crippen MR) is 130 cm³/mol. The summed E-state index contributed by atoms with van der Waals surface area (Å²) in [6, 6.07) is -0.0615. The van der Waals surface area contributed by atoms with Crippen molar-refractivity contribution in [2.45, 2.75) is 75.7 Å². The number of benzene rings is 1. The Bertz CT molecular complexity index is 1000. The van der Waals surface area contributed by atoms with Gasteiger partial charge in [0, 0.05) is 38.5 Å². The van der Waals surface area contributed by atoms with Crippen LogP contribution in [0.15, 0.2) is 23.4 Å². The van der Waals surface area contributed by atoms with Crippen LogP contribution in [0.5, 0.6) is 0 Å². The summed E-state index contributed by atoms with van der Waals surface area (Å²) in [4.78, 5) is 14.8. The lowest BCUT2D eigenvalue weighted by Gasteiger charge is -2.37. The smallest absolute Gasteiger partial charge is 0.396 e. The molecule has 1 aromatic rings. The van der Waals surface area contributed by atoms with Crippen LogP contribution in [0, 0.1) is 10.3 Å². The van der Waals surface area contributed by atoms with Crippen molar-refractivity contribution in [3.63, 3.8) is 0 Å². The average Bonchev–Trinajstić information content (AvgIpc) is 3.22. The van der Waals surface area contributed by atoms with Crippen molar-refractivity contribution >= 4 is 5.69 Å². The predicted octanol–water partition coefficient (Wildman–Crippen LogP) is 5.88. The Morgan fingerprint density at radius 3 is 2.23 bits per heavy atom. The lowest BCUT2D eigenvalue weighted by Crippen LogP contribution is -2.53. The van der Waals surface area contributed by atoms with E-state index in [0.717, 1.165) is 12.1 Å². The molecule has 2 aliphatic rings. The van der Waals surface area contributed by atoms with E-state index in [1.165, 1.54) is 0 Å². The zero-order valence-corrected chi connectivity index (χ0v) is 21.9. The number of nitroso groups, excluding NO2 is 1. The fourth-order valence-electron chi connectivity index (χ4n) is 5.72. The number of halogens is 9. The van der Waals surface area contributed by atoms with Crippen LogP contribution in [0.4, 0.5) is 45.2 Å². The molecule has 228 valence electrons. The summed E-state index contributed by atoms with van der Waals surface area (Å²) in [6.45, 7) is 1.87. The number of piperidine rings is 1. The van der Waals surface area contributed by atoms with Gasteiger partial charge in [-0.05, 0) is 81.3 Å². The number of likely N-dealkylation sites (tertiary alicyclic amines) is 1. The van der Waals surface area contributed by atoms with Crippen molar-refractivity contribution in [3.05, 3.63) is 34.2 Å². The van der Waals surface area contributed by atoms with Crippen LogP contribution in [0.3, 0.4) is 0 Å². The minimum Gasteiger partial charge on any atom is -0.396 e. The molecule has 2 N–H and O–H groups in total. The van der Waals surface area contributed by atoms with Crippen LogP contribution < -0.4 is 10.2 Å². The van der Waals surface area contributed by atoms with Gasteiger partial charge in [0.05, 0.1) is 5.56 Å². The van der Waals surface area contributed by atoms with E-state index in [9.17, 15) is 49.5 Å². The van der Waals surface area contributed by atoms with E-state index in [4.69, 9.17) is 0 Å². The zero-order chi connectivity index (χ0) is 30.0. The molecule has 6 nitrogen and oxygen atoms in total. The second kappa shape index (κ2) is 12.0. The summed E-state index contributed by atoms with van der Waals surface area (Å²) in [5.74, 6) is 0. The van der Waals surface area contributed by atoms with Crippen molar-refractivity contribution in [2.75, 3.05) is 44.2 Å². The van der Waals surface area contributed by atoms with Gasteiger partial charge in [-0.15, -0.1) is 0 Å². The highest BCUT2D eigenvalue weighted by Gasteiger charge is 2.56. The first kappa shape index (κ1) is 32.4. The first-order chi connectivity index (χ1) is 18.4. The Morgan fingerprint density at radius 2 is 1.65 bits per heavy atom. The van der Waals surface area contributed by atoms with Gasteiger partial charge in [-0.2, -0.15) is 44.4 Å². The van der Waals surface area contributed by atoms with Crippen molar-refractivity contribution in [1.29, 1.82) is 0 Å². The van der Waals surface area contributed by atoms with Gasteiger partial charge >= 0.3 is 18.5 Å². The largest absolute Gasteiger partial charge is 0.416 e. The Morgan fingerprint density at radius 1 is 0.975 bits per heavy atom. The number of aliphatic hydroxyl groups is 1. The third kappa shape index (κ3) is 8.21. The van der Waals surface area contributed by atoms with E-state index in [2.05, 4.69) is 5.18 Å². The molecule has 40 heavy (non-hydrogen) atoms. The number of anilines is 1. The number of alkyl halides is 9. The summed E-state index contributed by atoms with van der Waals surface area (Å²) >= 11 is 0. The van der Waals surface area contributed by atoms with Crippen LogP contribution in [-0.2, 0) is 12.7 Å². The van der Waals surface area contributed by atoms with Gasteiger partial charge in [0.25, 0.3) is 0 Å². The highest BCUT2D eigenvalue weighted by molar-refractivity contribution is 5.53. The Balaban J connectivity index is 1.75. The normalized spacial score (nSPS) is 25.1. The molecule has 1 aromatic carbocycles. The molecule has 2 heterocycles. The second-order valence-corrected chi connectivity index (χ2v) is 11.2. The fraction of sp³-hybridized carbons (Fsp3) is 0.760. The fourth-order valence-corrected chi connectivity index (χ4v) is 5.72. The van der Waals surface area contributed by atoms with Crippen LogP contribution in [0.2, 0.25) is 0 Å². The van der Waals surface area contributed by atoms with Gasteiger partial charge in [0.15, 0.2) is 0 Å². The summed E-state index contributed by atoms with van der Waals surface area (Å²) in [5, 5.41) is 14.2. The number of hydrogen-bond acceptors (Lipinski definition) is 6. The molecular formula is C25H33F9N4O2. The molecule has 15 heteroatoms. The van der Waals surface area contributed by atoms with Gasteiger partial charge in [-0.3, -0.25) is 10.2 Å². The van der Waals surface area contributed by atoms with Gasteiger partial charge in [-0.25, -0.2) is 0 Å². The quantitative estimate of drug-likeness (QED) is 0.263. The molecule has 0 aromatic heterocycles. The summed E-state index contributed by atoms with van der Waals surface area (Å²) in [5.41, 5.74) is -2.01. The van der Waals surface area contributed by atoms with Crippen molar-refractivity contribution in [1.82, 2.24) is 10.2 Å². The monoisotopic (exact) mass is 592 g/mol. The molecule has 2 aliphatic heterocycles. The third-order valence-electron chi connectivity index (χ3n) is 7.79. The van der Waals surface area contributed by atoms with Crippen LogP contribution in [-0.4, -0.2) is 73.3 Å². The number of rotatable bonds is 10. The molecule has 0 aliphatic carbocycles. The molecule has 0 bridgehead atoms. The second-order valence-electron chi connectivity index (χ2n) is 11.2. The standard InChI is InChI=1S/C25H33F9N4O2/c1-21(36-40)3-2-8-38(15-21)19-12-17(11-18(13-19)23(26,27)28)14-37-9-5-22(16-37,6-10-39)4-7-35-20(24(29,30)31)25(32,33)34/h11-13,20,35,39H,2-10,14-16H2,1H3. The highest BCUT2D eigenvalue weighted by Crippen LogP contribution is 2.40. The molecule has 0 saturated carbocycles. The maximum Gasteiger partial charge on any atom is 0.416 e. The lowest BCUT2D eigenvalue weighted by atomic mass is 9.80. The molecule has 2 fully saturated rings. The molecule has 0 spiro atoms. The molecule has 2 unspecified atom stereocenters. The minimum atomic E-state index is -5.53. The average molecular weight is 593 g/mol. The Hall–Kier alpha value is -2.13. The van der Waals surface area contributed by atoms with E-state index in [1.807, 2.05) is 0 Å². The van der Waals surface area contributed by atoms with Crippen molar-refractivity contribution < 1.29 is 44.6 Å². The molecule has 3 rings (SSSR count). The van der Waals surface area contributed by atoms with Crippen LogP contribution in [0.25, 0.3) is 0 Å². The first-order valence-electron chi connectivity index (χ1n) is 12.9. The zero-order valence-electron chi connectivity index (χ0n) is 21.9. The molecule has 2 saturated heterocycles. The van der Waals surface area contributed by atoms with E-state index < -0.39 is 47.6 Å². The van der Waals surface area contributed by atoms with E-state index in [1.54, 1.807) is 28.1 Å². The first-order valence-corrected chi connectivity index (χ1v) is 12.9. The van der Waals surface area contributed by atoms with Crippen LogP contribution >= 0.6 is 0 Å². The lowest BCUT2D eigenvalue weighted by molar-refractivity contribution is -0.258. The third-order valence-corrected chi connectivity index (χ3v) is 7.79. The minimum absolute atomic E-state index is 0.0578. The number of nitrogens with zero attached hydrogens (tertiary/aromatic N) is 3. The Kier molecular flexibility index (Phi) is 9.72.